The maximum absolute atomic E-state index is 12.1. The van der Waals surface area contributed by atoms with Crippen LogP contribution in [0.3, 0.4) is 0 Å². The largest absolute Gasteiger partial charge is 0.317 e. The van der Waals surface area contributed by atoms with Crippen LogP contribution >= 0.6 is 15.9 Å². The van der Waals surface area contributed by atoms with Gasteiger partial charge in [0.1, 0.15) is 9.63 Å². The number of halogens is 1. The lowest BCUT2D eigenvalue weighted by Gasteiger charge is -2.21. The molecule has 0 radical (unpaired) electrons. The zero-order valence-electron chi connectivity index (χ0n) is 8.99. The summed E-state index contributed by atoms with van der Waals surface area (Å²) in [5, 5.41) is 4.00. The van der Waals surface area contributed by atoms with Crippen LogP contribution in [0, 0.1) is 5.92 Å². The second-order valence-corrected chi connectivity index (χ2v) is 6.26. The van der Waals surface area contributed by atoms with Crippen LogP contribution in [-0.2, 0) is 10.8 Å². The van der Waals surface area contributed by atoms with Crippen molar-refractivity contribution in [2.24, 2.45) is 5.92 Å². The van der Waals surface area contributed by atoms with Crippen LogP contribution in [0.5, 0.6) is 0 Å². The Kier molecular flexibility index (Phi) is 4.49. The van der Waals surface area contributed by atoms with Crippen molar-refractivity contribution >= 4 is 26.7 Å². The first kappa shape index (κ1) is 12.2. The molecule has 16 heavy (non-hydrogen) atoms. The van der Waals surface area contributed by atoms with Crippen molar-refractivity contribution in [1.82, 2.24) is 10.3 Å². The van der Waals surface area contributed by atoms with E-state index in [0.717, 1.165) is 36.3 Å². The van der Waals surface area contributed by atoms with E-state index in [9.17, 15) is 4.21 Å². The van der Waals surface area contributed by atoms with Gasteiger partial charge in [0.05, 0.1) is 10.8 Å². The number of piperidine rings is 1. The summed E-state index contributed by atoms with van der Waals surface area (Å²) in [5.74, 6) is 1.31. The summed E-state index contributed by atoms with van der Waals surface area (Å²) in [7, 11) is -0.960. The second-order valence-electron chi connectivity index (χ2n) is 4.00. The molecule has 1 atom stereocenters. The molecule has 1 aromatic heterocycles. The Bertz CT molecular complexity index is 380. The highest BCUT2D eigenvalue weighted by Crippen LogP contribution is 2.17. The molecule has 3 nitrogen and oxygen atoms in total. The number of pyridine rings is 1. The molecule has 1 N–H and O–H groups in total. The van der Waals surface area contributed by atoms with Gasteiger partial charge in [0.2, 0.25) is 0 Å². The van der Waals surface area contributed by atoms with Crippen molar-refractivity contribution in [2.45, 2.75) is 17.9 Å². The van der Waals surface area contributed by atoms with E-state index in [4.69, 9.17) is 0 Å². The lowest BCUT2D eigenvalue weighted by Crippen LogP contribution is -2.30. The SMILES string of the molecule is O=[S@](CC1CCNCC1)c1cccc(Br)n1. The van der Waals surface area contributed by atoms with E-state index in [2.05, 4.69) is 26.2 Å². The van der Waals surface area contributed by atoms with Crippen molar-refractivity contribution in [1.29, 1.82) is 0 Å². The maximum Gasteiger partial charge on any atom is 0.128 e. The highest BCUT2D eigenvalue weighted by molar-refractivity contribution is 9.10. The van der Waals surface area contributed by atoms with E-state index >= 15 is 0 Å². The van der Waals surface area contributed by atoms with E-state index in [1.807, 2.05) is 18.2 Å². The molecule has 1 fully saturated rings. The highest BCUT2D eigenvalue weighted by Gasteiger charge is 2.17. The first-order valence-electron chi connectivity index (χ1n) is 5.47. The minimum Gasteiger partial charge on any atom is -0.317 e. The van der Waals surface area contributed by atoms with E-state index < -0.39 is 10.8 Å². The number of hydrogen-bond donors (Lipinski definition) is 1. The Morgan fingerprint density at radius 1 is 1.44 bits per heavy atom. The summed E-state index contributed by atoms with van der Waals surface area (Å²) < 4.78 is 12.8. The highest BCUT2D eigenvalue weighted by atomic mass is 79.9. The third-order valence-electron chi connectivity index (χ3n) is 2.77. The zero-order valence-corrected chi connectivity index (χ0v) is 11.4. The molecule has 0 spiro atoms. The molecule has 2 heterocycles. The van der Waals surface area contributed by atoms with E-state index in [1.165, 1.54) is 0 Å². The van der Waals surface area contributed by atoms with Gasteiger partial charge in [-0.1, -0.05) is 6.07 Å². The van der Waals surface area contributed by atoms with Gasteiger partial charge in [0, 0.05) is 5.75 Å². The molecule has 1 aliphatic rings. The molecule has 0 aliphatic carbocycles. The average molecular weight is 303 g/mol. The summed E-state index contributed by atoms with van der Waals surface area (Å²) in [6, 6.07) is 5.57. The molecular weight excluding hydrogens is 288 g/mol. The Hall–Kier alpha value is -0.260. The number of nitrogens with one attached hydrogen (secondary N) is 1. The third kappa shape index (κ3) is 3.37. The summed E-state index contributed by atoms with van der Waals surface area (Å²) in [4.78, 5) is 4.24. The fourth-order valence-corrected chi connectivity index (χ4v) is 3.69. The van der Waals surface area contributed by atoms with Gasteiger partial charge in [-0.25, -0.2) is 4.98 Å². The first-order valence-corrected chi connectivity index (χ1v) is 7.58. The normalized spacial score (nSPS) is 19.6. The van der Waals surface area contributed by atoms with Crippen molar-refractivity contribution in [3.63, 3.8) is 0 Å². The molecule has 0 unspecified atom stereocenters. The van der Waals surface area contributed by atoms with Crippen LogP contribution in [0.25, 0.3) is 0 Å². The zero-order chi connectivity index (χ0) is 11.4. The van der Waals surface area contributed by atoms with Gasteiger partial charge >= 0.3 is 0 Å². The van der Waals surface area contributed by atoms with Gasteiger partial charge in [-0.2, -0.15) is 0 Å². The van der Waals surface area contributed by atoms with Crippen LogP contribution in [0.4, 0.5) is 0 Å². The monoisotopic (exact) mass is 302 g/mol. The van der Waals surface area contributed by atoms with Crippen molar-refractivity contribution in [2.75, 3.05) is 18.8 Å². The maximum atomic E-state index is 12.1. The standard InChI is InChI=1S/C11H15BrN2OS/c12-10-2-1-3-11(14-10)16(15)8-9-4-6-13-7-5-9/h1-3,9,13H,4-8H2/t16-/m1/s1. The van der Waals surface area contributed by atoms with Gasteiger partial charge in [-0.15, -0.1) is 0 Å². The Morgan fingerprint density at radius 2 is 2.19 bits per heavy atom. The van der Waals surface area contributed by atoms with E-state index in [0.29, 0.717) is 10.9 Å². The molecule has 0 amide bonds. The minimum atomic E-state index is -0.960. The Labute approximate surface area is 107 Å². The lowest BCUT2D eigenvalue weighted by atomic mass is 10.0. The quantitative estimate of drug-likeness (QED) is 0.868. The fraction of sp³-hybridized carbons (Fsp3) is 0.545. The molecule has 0 aromatic carbocycles. The number of nitrogens with zero attached hydrogens (tertiary/aromatic N) is 1. The Morgan fingerprint density at radius 3 is 2.88 bits per heavy atom. The topological polar surface area (TPSA) is 42.0 Å². The van der Waals surface area contributed by atoms with Crippen molar-refractivity contribution in [3.05, 3.63) is 22.8 Å². The summed E-state index contributed by atoms with van der Waals surface area (Å²) in [6.45, 7) is 2.10. The van der Waals surface area contributed by atoms with Gasteiger partial charge in [0.15, 0.2) is 0 Å². The van der Waals surface area contributed by atoms with Crippen LogP contribution < -0.4 is 5.32 Å². The lowest BCUT2D eigenvalue weighted by molar-refractivity contribution is 0.405. The molecule has 0 saturated carbocycles. The molecule has 5 heteroatoms. The molecule has 1 saturated heterocycles. The molecule has 88 valence electrons. The van der Waals surface area contributed by atoms with E-state index in [-0.39, 0.29) is 0 Å². The molecule has 1 aromatic rings. The first-order chi connectivity index (χ1) is 7.75. The van der Waals surface area contributed by atoms with Crippen molar-refractivity contribution < 1.29 is 4.21 Å². The van der Waals surface area contributed by atoms with Gasteiger partial charge in [-0.3, -0.25) is 4.21 Å². The molecule has 1 aliphatic heterocycles. The number of aromatic nitrogens is 1. The average Bonchev–Trinajstić information content (AvgIpc) is 2.30. The minimum absolute atomic E-state index is 0.572. The number of rotatable bonds is 3. The predicted octanol–water partition coefficient (Wildman–Crippen LogP) is 1.95. The smallest absolute Gasteiger partial charge is 0.128 e. The van der Waals surface area contributed by atoms with E-state index in [1.54, 1.807) is 0 Å². The van der Waals surface area contributed by atoms with Gasteiger partial charge in [-0.05, 0) is 59.9 Å². The van der Waals surface area contributed by atoms with Crippen LogP contribution in [-0.4, -0.2) is 28.0 Å². The molecule has 0 bridgehead atoms. The van der Waals surface area contributed by atoms with Crippen LogP contribution in [0.1, 0.15) is 12.8 Å². The Balaban J connectivity index is 1.97. The van der Waals surface area contributed by atoms with Gasteiger partial charge < -0.3 is 5.32 Å². The summed E-state index contributed by atoms with van der Waals surface area (Å²) >= 11 is 3.30. The third-order valence-corrected chi connectivity index (χ3v) is 4.68. The summed E-state index contributed by atoms with van der Waals surface area (Å²) in [6.07, 6.45) is 2.25. The second kappa shape index (κ2) is 5.89. The van der Waals surface area contributed by atoms with Crippen LogP contribution in [0.15, 0.2) is 27.8 Å². The number of hydrogen-bond acceptors (Lipinski definition) is 3. The van der Waals surface area contributed by atoms with Crippen LogP contribution in [0.2, 0.25) is 0 Å². The molecule has 2 rings (SSSR count). The predicted molar refractivity (Wildman–Crippen MR) is 68.8 cm³/mol. The fourth-order valence-electron chi connectivity index (χ4n) is 1.86. The van der Waals surface area contributed by atoms with Gasteiger partial charge in [0.25, 0.3) is 0 Å². The van der Waals surface area contributed by atoms with Crippen molar-refractivity contribution in [3.8, 4) is 0 Å². The molecular formula is C11H15BrN2OS. The summed E-state index contributed by atoms with van der Waals surface area (Å²) in [5.41, 5.74) is 0.